The first-order valence-electron chi connectivity index (χ1n) is 8.78. The molecule has 142 valence electrons. The van der Waals surface area contributed by atoms with Gasteiger partial charge in [0, 0.05) is 6.08 Å². The molecule has 2 aromatic heterocycles. The second kappa shape index (κ2) is 6.89. The van der Waals surface area contributed by atoms with Crippen LogP contribution in [0.25, 0.3) is 11.2 Å². The molecule has 4 N–H and O–H groups in total. The minimum Gasteiger partial charge on any atom is -0.493 e. The molecule has 3 aromatic rings. The van der Waals surface area contributed by atoms with Crippen molar-refractivity contribution in [2.24, 2.45) is 10.7 Å². The first kappa shape index (κ1) is 17.2. The zero-order chi connectivity index (χ0) is 19.1. The van der Waals surface area contributed by atoms with Crippen molar-refractivity contribution in [1.82, 2.24) is 29.7 Å². The Hall–Kier alpha value is -2.95. The number of H-pyrrole nitrogens is 1. The van der Waals surface area contributed by atoms with E-state index in [-0.39, 0.29) is 11.9 Å². The second-order valence-corrected chi connectivity index (χ2v) is 7.49. The second-order valence-electron chi connectivity index (χ2n) is 6.58. The van der Waals surface area contributed by atoms with Crippen molar-refractivity contribution in [2.45, 2.75) is 12.2 Å². The topological polar surface area (TPSA) is 120 Å². The molecule has 0 bridgehead atoms. The average molecular weight is 394 g/mol. The minimum absolute atomic E-state index is 0.0323. The van der Waals surface area contributed by atoms with Crippen molar-refractivity contribution in [2.75, 3.05) is 12.5 Å². The van der Waals surface area contributed by atoms with Crippen LogP contribution < -0.4 is 5.73 Å². The third-order valence-corrected chi connectivity index (χ3v) is 5.79. The van der Waals surface area contributed by atoms with Crippen LogP contribution in [0.2, 0.25) is 0 Å². The van der Waals surface area contributed by atoms with Gasteiger partial charge in [0.05, 0.1) is 24.8 Å². The Morgan fingerprint density at radius 3 is 2.96 bits per heavy atom. The molecule has 2 aliphatic heterocycles. The smallest absolute Gasteiger partial charge is 0.212 e. The minimum atomic E-state index is -0.430. The van der Waals surface area contributed by atoms with Gasteiger partial charge in [-0.25, -0.2) is 15.0 Å². The van der Waals surface area contributed by atoms with Gasteiger partial charge in [0.2, 0.25) is 5.88 Å². The summed E-state index contributed by atoms with van der Waals surface area (Å²) in [6, 6.07) is 10.1. The molecule has 2 unspecified atom stereocenters. The maximum absolute atomic E-state index is 9.74. The maximum atomic E-state index is 9.74. The van der Waals surface area contributed by atoms with Crippen LogP contribution in [0.5, 0.6) is 0 Å². The molecule has 5 rings (SSSR count). The van der Waals surface area contributed by atoms with Crippen LogP contribution in [0.3, 0.4) is 0 Å². The number of nitrogens with zero attached hydrogens (tertiary/aromatic N) is 6. The molecule has 9 nitrogen and oxygen atoms in total. The Morgan fingerprint density at radius 1 is 1.29 bits per heavy atom. The van der Waals surface area contributed by atoms with Crippen molar-refractivity contribution in [3.63, 3.8) is 0 Å². The predicted molar refractivity (Wildman–Crippen MR) is 107 cm³/mol. The number of thioether (sulfide) groups is 1. The summed E-state index contributed by atoms with van der Waals surface area (Å²) < 4.78 is 0. The van der Waals surface area contributed by atoms with Gasteiger partial charge in [-0.2, -0.15) is 4.99 Å². The fourth-order valence-corrected chi connectivity index (χ4v) is 4.48. The Balaban J connectivity index is 1.53. The molecule has 2 aliphatic rings. The molecule has 1 saturated heterocycles. The van der Waals surface area contributed by atoms with Gasteiger partial charge in [0.25, 0.3) is 0 Å². The summed E-state index contributed by atoms with van der Waals surface area (Å²) in [6.07, 6.45) is 4.34. The highest BCUT2D eigenvalue weighted by molar-refractivity contribution is 8.13. The first-order valence-corrected chi connectivity index (χ1v) is 9.77. The van der Waals surface area contributed by atoms with Crippen LogP contribution in [0.1, 0.15) is 17.4 Å². The molecule has 0 radical (unpaired) electrons. The summed E-state index contributed by atoms with van der Waals surface area (Å²) in [5, 5.41) is 10.5. The lowest BCUT2D eigenvalue weighted by atomic mass is 10.1. The summed E-state index contributed by atoms with van der Waals surface area (Å²) in [4.78, 5) is 24.8. The van der Waals surface area contributed by atoms with Crippen LogP contribution in [-0.4, -0.2) is 58.7 Å². The molecule has 0 spiro atoms. The molecule has 0 amide bonds. The largest absolute Gasteiger partial charge is 0.493 e. The number of benzene rings is 1. The number of nitrogens with one attached hydrogen (secondary N) is 1. The Kier molecular flexibility index (Phi) is 4.23. The van der Waals surface area contributed by atoms with E-state index in [1.807, 2.05) is 23.1 Å². The summed E-state index contributed by atoms with van der Waals surface area (Å²) in [7, 11) is 0. The zero-order valence-corrected chi connectivity index (χ0v) is 15.6. The molecule has 0 saturated carbocycles. The molecule has 1 aromatic carbocycles. The number of hydrogen-bond donors (Lipinski definition) is 3. The van der Waals surface area contributed by atoms with E-state index in [2.05, 4.69) is 37.0 Å². The fourth-order valence-electron chi connectivity index (χ4n) is 3.46. The van der Waals surface area contributed by atoms with Gasteiger partial charge in [0.15, 0.2) is 10.8 Å². The number of aromatic amines is 1. The molecule has 1 fully saturated rings. The molecule has 2 atom stereocenters. The van der Waals surface area contributed by atoms with Gasteiger partial charge < -0.3 is 20.7 Å². The summed E-state index contributed by atoms with van der Waals surface area (Å²) in [5.74, 6) is 1.44. The van der Waals surface area contributed by atoms with Crippen LogP contribution in [0.15, 0.2) is 59.8 Å². The van der Waals surface area contributed by atoms with Gasteiger partial charge in [-0.05, 0) is 5.56 Å². The molecule has 10 heteroatoms. The Labute approximate surface area is 165 Å². The number of aliphatic hydroxyl groups excluding tert-OH is 1. The zero-order valence-electron chi connectivity index (χ0n) is 14.8. The highest BCUT2D eigenvalue weighted by Crippen LogP contribution is 2.34. The number of rotatable bonds is 3. The van der Waals surface area contributed by atoms with Gasteiger partial charge in [-0.3, -0.25) is 4.90 Å². The molecule has 28 heavy (non-hydrogen) atoms. The standard InChI is InChI=1S/C18H18N8OS/c19-13-6-14(27)23-18-26(13)9-25(10-28-18)15(11-4-2-1-3-5-11)17-22-12-7-20-8-21-16(12)24-17/h1-8,13,15,27H,9-10,19H2,(H,20,21,22,24). The first-order chi connectivity index (χ1) is 13.7. The number of nitrogens with two attached hydrogens (primary N) is 1. The van der Waals surface area contributed by atoms with E-state index in [0.717, 1.165) is 22.1 Å². The average Bonchev–Trinajstić information content (AvgIpc) is 3.13. The summed E-state index contributed by atoms with van der Waals surface area (Å²) in [5.41, 5.74) is 8.76. The number of imidazole rings is 1. The molecule has 0 aliphatic carbocycles. The van der Waals surface area contributed by atoms with Crippen molar-refractivity contribution in [3.8, 4) is 0 Å². The highest BCUT2D eigenvalue weighted by Gasteiger charge is 2.35. The third-order valence-electron chi connectivity index (χ3n) is 4.75. The number of fused-ring (bicyclic) bond motifs is 2. The number of hydrogen-bond acceptors (Lipinski definition) is 9. The quantitative estimate of drug-likeness (QED) is 0.615. The monoisotopic (exact) mass is 394 g/mol. The number of aromatic nitrogens is 4. The lowest BCUT2D eigenvalue weighted by molar-refractivity contribution is 0.152. The van der Waals surface area contributed by atoms with Crippen molar-refractivity contribution < 1.29 is 5.11 Å². The van der Waals surface area contributed by atoms with Crippen LogP contribution >= 0.6 is 11.8 Å². The summed E-state index contributed by atoms with van der Waals surface area (Å²) >= 11 is 1.54. The van der Waals surface area contributed by atoms with Crippen LogP contribution in [0.4, 0.5) is 0 Å². The van der Waals surface area contributed by atoms with E-state index in [9.17, 15) is 5.11 Å². The van der Waals surface area contributed by atoms with E-state index in [1.54, 1.807) is 12.3 Å². The molecular weight excluding hydrogens is 376 g/mol. The van der Waals surface area contributed by atoms with Gasteiger partial charge in [-0.1, -0.05) is 42.1 Å². The van der Waals surface area contributed by atoms with Crippen LogP contribution in [-0.2, 0) is 0 Å². The summed E-state index contributed by atoms with van der Waals surface area (Å²) in [6.45, 7) is 0.555. The van der Waals surface area contributed by atoms with Gasteiger partial charge >= 0.3 is 0 Å². The Bertz CT molecular complexity index is 1030. The lowest BCUT2D eigenvalue weighted by Gasteiger charge is -2.43. The van der Waals surface area contributed by atoms with E-state index >= 15 is 0 Å². The molecule has 4 heterocycles. The SMILES string of the molecule is NC1C=C(O)N=C2SCN(C(c3ccccc3)c3nc4ncncc4[nH]3)CN21. The van der Waals surface area contributed by atoms with E-state index < -0.39 is 6.17 Å². The number of aliphatic hydroxyl groups is 1. The third kappa shape index (κ3) is 3.01. The van der Waals surface area contributed by atoms with Gasteiger partial charge in [0.1, 0.15) is 23.8 Å². The van der Waals surface area contributed by atoms with Crippen molar-refractivity contribution >= 4 is 28.1 Å². The maximum Gasteiger partial charge on any atom is 0.212 e. The molecular formula is C18H18N8OS. The van der Waals surface area contributed by atoms with E-state index in [1.165, 1.54) is 18.1 Å². The Morgan fingerprint density at radius 2 is 2.14 bits per heavy atom. The number of aliphatic imine (C=N–C) groups is 1. The van der Waals surface area contributed by atoms with Crippen molar-refractivity contribution in [1.29, 1.82) is 0 Å². The predicted octanol–water partition coefficient (Wildman–Crippen LogP) is 1.76. The highest BCUT2D eigenvalue weighted by atomic mass is 32.2. The van der Waals surface area contributed by atoms with Gasteiger partial charge in [-0.15, -0.1) is 0 Å². The van der Waals surface area contributed by atoms with Crippen molar-refractivity contribution in [3.05, 3.63) is 66.2 Å². The van der Waals surface area contributed by atoms with E-state index in [0.29, 0.717) is 18.2 Å². The number of amidine groups is 1. The van der Waals surface area contributed by atoms with Crippen LogP contribution in [0, 0.1) is 0 Å². The lowest BCUT2D eigenvalue weighted by Crippen LogP contribution is -2.54. The van der Waals surface area contributed by atoms with E-state index in [4.69, 9.17) is 10.7 Å². The normalized spacial score (nSPS) is 21.2. The fraction of sp³-hybridized carbons (Fsp3) is 0.222.